The van der Waals surface area contributed by atoms with Crippen molar-refractivity contribution in [2.24, 2.45) is 0 Å². The fourth-order valence-corrected chi connectivity index (χ4v) is 4.10. The van der Waals surface area contributed by atoms with Crippen LogP contribution in [-0.2, 0) is 4.74 Å². The number of pyridine rings is 1. The summed E-state index contributed by atoms with van der Waals surface area (Å²) in [5.41, 5.74) is -0.127. The standard InChI is InChI=1S/C18H26N4O2/c23-17(20-9-3-4-10-20)21-11-6-18(7-12-21)15-22(13-14-24-18)16-5-1-2-8-19-16/h1-2,5,8H,3-4,6-7,9-15H2. The van der Waals surface area contributed by atoms with Gasteiger partial charge in [0.05, 0.1) is 12.2 Å². The van der Waals surface area contributed by atoms with Gasteiger partial charge in [0.25, 0.3) is 0 Å². The summed E-state index contributed by atoms with van der Waals surface area (Å²) < 4.78 is 6.19. The highest BCUT2D eigenvalue weighted by molar-refractivity contribution is 5.74. The van der Waals surface area contributed by atoms with Crippen molar-refractivity contribution < 1.29 is 9.53 Å². The summed E-state index contributed by atoms with van der Waals surface area (Å²) in [6.07, 6.45) is 5.96. The molecule has 1 spiro atoms. The van der Waals surface area contributed by atoms with Crippen LogP contribution >= 0.6 is 0 Å². The summed E-state index contributed by atoms with van der Waals surface area (Å²) in [7, 11) is 0. The highest BCUT2D eigenvalue weighted by Gasteiger charge is 2.41. The number of anilines is 1. The maximum atomic E-state index is 12.5. The second-order valence-corrected chi connectivity index (χ2v) is 7.10. The Morgan fingerprint density at radius 2 is 1.79 bits per heavy atom. The summed E-state index contributed by atoms with van der Waals surface area (Å²) in [6, 6.07) is 6.26. The highest BCUT2D eigenvalue weighted by atomic mass is 16.5. The van der Waals surface area contributed by atoms with Crippen LogP contribution < -0.4 is 4.90 Å². The third-order valence-electron chi connectivity index (χ3n) is 5.54. The van der Waals surface area contributed by atoms with Crippen LogP contribution in [0.2, 0.25) is 0 Å². The van der Waals surface area contributed by atoms with E-state index >= 15 is 0 Å². The molecule has 4 rings (SSSR count). The first kappa shape index (κ1) is 15.7. The van der Waals surface area contributed by atoms with Crippen LogP contribution in [0.25, 0.3) is 0 Å². The Bertz CT molecular complexity index is 566. The summed E-state index contributed by atoms with van der Waals surface area (Å²) >= 11 is 0. The second-order valence-electron chi connectivity index (χ2n) is 7.10. The maximum absolute atomic E-state index is 12.5. The topological polar surface area (TPSA) is 48.9 Å². The number of morpholine rings is 1. The quantitative estimate of drug-likeness (QED) is 0.790. The predicted molar refractivity (Wildman–Crippen MR) is 92.1 cm³/mol. The fourth-order valence-electron chi connectivity index (χ4n) is 4.10. The molecule has 0 N–H and O–H groups in total. The third-order valence-corrected chi connectivity index (χ3v) is 5.54. The molecule has 4 heterocycles. The van der Waals surface area contributed by atoms with Gasteiger partial charge in [-0.15, -0.1) is 0 Å². The lowest BCUT2D eigenvalue weighted by atomic mass is 9.89. The van der Waals surface area contributed by atoms with Crippen molar-refractivity contribution in [3.63, 3.8) is 0 Å². The van der Waals surface area contributed by atoms with Crippen molar-refractivity contribution in [2.45, 2.75) is 31.3 Å². The van der Waals surface area contributed by atoms with E-state index in [2.05, 4.69) is 16.0 Å². The van der Waals surface area contributed by atoms with Gasteiger partial charge in [-0.05, 0) is 37.8 Å². The number of rotatable bonds is 1. The van der Waals surface area contributed by atoms with E-state index in [1.807, 2.05) is 28.1 Å². The zero-order valence-corrected chi connectivity index (χ0v) is 14.2. The normalized spacial score (nSPS) is 23.8. The zero-order valence-electron chi connectivity index (χ0n) is 14.2. The molecule has 3 aliphatic rings. The Kier molecular flexibility index (Phi) is 4.31. The van der Waals surface area contributed by atoms with Crippen molar-refractivity contribution in [1.82, 2.24) is 14.8 Å². The number of hydrogen-bond acceptors (Lipinski definition) is 4. The molecule has 0 bridgehead atoms. The van der Waals surface area contributed by atoms with E-state index in [-0.39, 0.29) is 11.6 Å². The lowest BCUT2D eigenvalue weighted by Crippen LogP contribution is -2.58. The average molecular weight is 330 g/mol. The first-order valence-electron chi connectivity index (χ1n) is 9.10. The van der Waals surface area contributed by atoms with Gasteiger partial charge in [0.1, 0.15) is 5.82 Å². The molecule has 1 aromatic heterocycles. The molecule has 24 heavy (non-hydrogen) atoms. The fraction of sp³-hybridized carbons (Fsp3) is 0.667. The van der Waals surface area contributed by atoms with Crippen molar-refractivity contribution in [3.8, 4) is 0 Å². The van der Waals surface area contributed by atoms with E-state index in [0.717, 1.165) is 77.4 Å². The monoisotopic (exact) mass is 330 g/mol. The maximum Gasteiger partial charge on any atom is 0.320 e. The molecule has 3 saturated heterocycles. The number of nitrogens with zero attached hydrogens (tertiary/aromatic N) is 4. The minimum atomic E-state index is -0.127. The summed E-state index contributed by atoms with van der Waals surface area (Å²) in [6.45, 7) is 5.92. The minimum absolute atomic E-state index is 0.127. The molecule has 0 aliphatic carbocycles. The number of carbonyl (C=O) groups excluding carboxylic acids is 1. The average Bonchev–Trinajstić information content (AvgIpc) is 3.17. The van der Waals surface area contributed by atoms with Crippen LogP contribution in [0.5, 0.6) is 0 Å². The number of piperidine rings is 1. The third kappa shape index (κ3) is 3.07. The lowest BCUT2D eigenvalue weighted by molar-refractivity contribution is -0.0870. The van der Waals surface area contributed by atoms with Gasteiger partial charge < -0.3 is 19.4 Å². The number of likely N-dealkylation sites (tertiary alicyclic amines) is 2. The summed E-state index contributed by atoms with van der Waals surface area (Å²) in [5, 5.41) is 0. The number of hydrogen-bond donors (Lipinski definition) is 0. The van der Waals surface area contributed by atoms with Crippen LogP contribution in [0.4, 0.5) is 10.6 Å². The SMILES string of the molecule is O=C(N1CCCC1)N1CCC2(CC1)CN(c1ccccn1)CCO2. The highest BCUT2D eigenvalue weighted by Crippen LogP contribution is 2.32. The molecule has 6 nitrogen and oxygen atoms in total. The molecule has 6 heteroatoms. The van der Waals surface area contributed by atoms with Crippen LogP contribution in [0.1, 0.15) is 25.7 Å². The Labute approximate surface area is 143 Å². The number of aromatic nitrogens is 1. The molecule has 2 amide bonds. The van der Waals surface area contributed by atoms with Crippen molar-refractivity contribution in [3.05, 3.63) is 24.4 Å². The molecule has 3 fully saturated rings. The number of ether oxygens (including phenoxy) is 1. The lowest BCUT2D eigenvalue weighted by Gasteiger charge is -2.47. The van der Waals surface area contributed by atoms with Crippen LogP contribution in [0, 0.1) is 0 Å². The number of amides is 2. The van der Waals surface area contributed by atoms with E-state index in [9.17, 15) is 4.79 Å². The molecule has 0 saturated carbocycles. The largest absolute Gasteiger partial charge is 0.371 e. The minimum Gasteiger partial charge on any atom is -0.371 e. The van der Waals surface area contributed by atoms with Gasteiger partial charge >= 0.3 is 6.03 Å². The van der Waals surface area contributed by atoms with Gasteiger partial charge in [0.2, 0.25) is 0 Å². The summed E-state index contributed by atoms with van der Waals surface area (Å²) in [5.74, 6) is 1.02. The van der Waals surface area contributed by atoms with Crippen LogP contribution in [0.3, 0.4) is 0 Å². The molecular weight excluding hydrogens is 304 g/mol. The van der Waals surface area contributed by atoms with Crippen LogP contribution in [-0.4, -0.2) is 72.3 Å². The van der Waals surface area contributed by atoms with Crippen molar-refractivity contribution >= 4 is 11.8 Å². The molecule has 0 atom stereocenters. The molecule has 0 radical (unpaired) electrons. The van der Waals surface area contributed by atoms with E-state index in [0.29, 0.717) is 0 Å². The van der Waals surface area contributed by atoms with Gasteiger partial charge in [-0.2, -0.15) is 0 Å². The molecule has 130 valence electrons. The molecule has 3 aliphatic heterocycles. The molecular formula is C18H26N4O2. The van der Waals surface area contributed by atoms with E-state index in [4.69, 9.17) is 4.74 Å². The number of carbonyl (C=O) groups is 1. The van der Waals surface area contributed by atoms with Gasteiger partial charge in [-0.3, -0.25) is 0 Å². The predicted octanol–water partition coefficient (Wildman–Crippen LogP) is 1.97. The van der Waals surface area contributed by atoms with Crippen molar-refractivity contribution in [2.75, 3.05) is 50.8 Å². The van der Waals surface area contributed by atoms with E-state index in [1.54, 1.807) is 0 Å². The zero-order chi connectivity index (χ0) is 16.4. The van der Waals surface area contributed by atoms with E-state index in [1.165, 1.54) is 0 Å². The Morgan fingerprint density at radius 1 is 1.04 bits per heavy atom. The van der Waals surface area contributed by atoms with Crippen LogP contribution in [0.15, 0.2) is 24.4 Å². The first-order valence-corrected chi connectivity index (χ1v) is 9.10. The second kappa shape index (κ2) is 6.59. The molecule has 0 unspecified atom stereocenters. The Balaban J connectivity index is 1.38. The van der Waals surface area contributed by atoms with Gasteiger partial charge in [0.15, 0.2) is 0 Å². The van der Waals surface area contributed by atoms with Gasteiger partial charge in [-0.25, -0.2) is 9.78 Å². The first-order chi connectivity index (χ1) is 11.8. The Morgan fingerprint density at radius 3 is 2.50 bits per heavy atom. The van der Waals surface area contributed by atoms with Gasteiger partial charge in [-0.1, -0.05) is 6.07 Å². The van der Waals surface area contributed by atoms with Crippen molar-refractivity contribution in [1.29, 1.82) is 0 Å². The summed E-state index contributed by atoms with van der Waals surface area (Å²) in [4.78, 5) is 23.4. The molecule has 0 aromatic carbocycles. The van der Waals surface area contributed by atoms with E-state index < -0.39 is 0 Å². The van der Waals surface area contributed by atoms with Gasteiger partial charge in [0, 0.05) is 45.5 Å². The Hall–Kier alpha value is -1.82. The molecule has 1 aromatic rings. The number of urea groups is 1. The smallest absolute Gasteiger partial charge is 0.320 e.